The summed E-state index contributed by atoms with van der Waals surface area (Å²) in [6.07, 6.45) is 4.39. The molecule has 3 rings (SSSR count). The zero-order chi connectivity index (χ0) is 11.1. The van der Waals surface area contributed by atoms with Crippen molar-refractivity contribution in [2.24, 2.45) is 0 Å². The predicted octanol–water partition coefficient (Wildman–Crippen LogP) is -0.185. The largest absolute Gasteiger partial charge is 0.492 e. The van der Waals surface area contributed by atoms with Gasteiger partial charge in [0.05, 0.1) is 0 Å². The molecule has 0 saturated heterocycles. The standard InChI is InChI=1S/C10H7N3O3/c14-7-1-2-13-8(5-7)10(15)12-3-4-16-6-9(12)11-13/h1-5H,6H2. The summed E-state index contributed by atoms with van der Waals surface area (Å²) in [7, 11) is 0. The summed E-state index contributed by atoms with van der Waals surface area (Å²) in [5, 5.41) is 4.18. The van der Waals surface area contributed by atoms with E-state index >= 15 is 0 Å². The molecule has 1 aliphatic rings. The third kappa shape index (κ3) is 1.16. The quantitative estimate of drug-likeness (QED) is 0.613. The highest BCUT2D eigenvalue weighted by Gasteiger charge is 2.11. The maximum absolute atomic E-state index is 12.0. The fourth-order valence-corrected chi connectivity index (χ4v) is 1.61. The van der Waals surface area contributed by atoms with Gasteiger partial charge in [0, 0.05) is 24.5 Å². The summed E-state index contributed by atoms with van der Waals surface area (Å²) in [5.41, 5.74) is -0.236. The van der Waals surface area contributed by atoms with Crippen LogP contribution in [0.2, 0.25) is 0 Å². The Kier molecular flexibility index (Phi) is 1.70. The average molecular weight is 217 g/mol. The number of hydrogen-bond acceptors (Lipinski definition) is 4. The van der Waals surface area contributed by atoms with Gasteiger partial charge in [0.1, 0.15) is 18.4 Å². The van der Waals surface area contributed by atoms with E-state index in [2.05, 4.69) is 5.10 Å². The number of nitrogens with zero attached hydrogens (tertiary/aromatic N) is 3. The van der Waals surface area contributed by atoms with Crippen molar-refractivity contribution in [1.82, 2.24) is 14.2 Å². The third-order valence-electron chi connectivity index (χ3n) is 2.36. The molecule has 0 unspecified atom stereocenters. The molecule has 0 N–H and O–H groups in total. The van der Waals surface area contributed by atoms with Gasteiger partial charge in [-0.05, 0) is 0 Å². The Hall–Kier alpha value is -2.37. The van der Waals surface area contributed by atoms with Crippen molar-refractivity contribution in [2.45, 2.75) is 6.61 Å². The molecular formula is C10H7N3O3. The van der Waals surface area contributed by atoms with Crippen LogP contribution >= 0.6 is 0 Å². The molecule has 2 aromatic heterocycles. The summed E-state index contributed by atoms with van der Waals surface area (Å²) >= 11 is 0. The van der Waals surface area contributed by atoms with Crippen LogP contribution in [0.1, 0.15) is 5.82 Å². The normalized spacial score (nSPS) is 13.5. The lowest BCUT2D eigenvalue weighted by Gasteiger charge is -2.13. The van der Waals surface area contributed by atoms with E-state index in [0.29, 0.717) is 5.82 Å². The minimum Gasteiger partial charge on any atom is -0.492 e. The first-order chi connectivity index (χ1) is 7.75. The molecule has 6 heteroatoms. The maximum Gasteiger partial charge on any atom is 0.282 e. The van der Waals surface area contributed by atoms with Gasteiger partial charge < -0.3 is 4.74 Å². The molecule has 0 aliphatic carbocycles. The first kappa shape index (κ1) is 8.90. The lowest BCUT2D eigenvalue weighted by Crippen LogP contribution is -2.27. The summed E-state index contributed by atoms with van der Waals surface area (Å²) in [6, 6.07) is 2.63. The van der Waals surface area contributed by atoms with Crippen LogP contribution in [0.3, 0.4) is 0 Å². The Morgan fingerprint density at radius 2 is 2.25 bits per heavy atom. The van der Waals surface area contributed by atoms with Gasteiger partial charge in [0.25, 0.3) is 5.56 Å². The van der Waals surface area contributed by atoms with Crippen molar-refractivity contribution in [2.75, 3.05) is 0 Å². The second-order valence-corrected chi connectivity index (χ2v) is 3.38. The number of aromatic nitrogens is 3. The molecule has 0 spiro atoms. The van der Waals surface area contributed by atoms with Crippen LogP contribution in [0, 0.1) is 0 Å². The van der Waals surface area contributed by atoms with E-state index in [1.807, 2.05) is 0 Å². The number of hydrogen-bond donors (Lipinski definition) is 0. The molecule has 0 bridgehead atoms. The average Bonchev–Trinajstić information content (AvgIpc) is 2.31. The fraction of sp³-hybridized carbons (Fsp3) is 0.100. The van der Waals surface area contributed by atoms with Crippen LogP contribution in [-0.2, 0) is 11.3 Å². The van der Waals surface area contributed by atoms with E-state index in [1.165, 1.54) is 39.9 Å². The molecule has 0 fully saturated rings. The maximum atomic E-state index is 12.0. The monoisotopic (exact) mass is 217 g/mol. The van der Waals surface area contributed by atoms with Gasteiger partial charge in [0.15, 0.2) is 11.3 Å². The minimum absolute atomic E-state index is 0.213. The zero-order valence-electron chi connectivity index (χ0n) is 8.16. The molecule has 0 amide bonds. The minimum atomic E-state index is -0.276. The lowest BCUT2D eigenvalue weighted by atomic mass is 10.4. The highest BCUT2D eigenvalue weighted by atomic mass is 16.5. The molecule has 2 aromatic rings. The lowest BCUT2D eigenvalue weighted by molar-refractivity contribution is 0.216. The van der Waals surface area contributed by atoms with Crippen LogP contribution in [0.4, 0.5) is 0 Å². The van der Waals surface area contributed by atoms with Crippen LogP contribution < -0.4 is 11.0 Å². The number of rotatable bonds is 0. The van der Waals surface area contributed by atoms with Gasteiger partial charge in [-0.3, -0.25) is 14.2 Å². The van der Waals surface area contributed by atoms with Crippen LogP contribution in [-0.4, -0.2) is 14.2 Å². The highest BCUT2D eigenvalue weighted by molar-refractivity contribution is 5.45. The van der Waals surface area contributed by atoms with Crippen molar-refractivity contribution < 1.29 is 4.74 Å². The fourth-order valence-electron chi connectivity index (χ4n) is 1.61. The van der Waals surface area contributed by atoms with Gasteiger partial charge in [-0.2, -0.15) is 5.10 Å². The van der Waals surface area contributed by atoms with Gasteiger partial charge in [-0.1, -0.05) is 0 Å². The summed E-state index contributed by atoms with van der Waals surface area (Å²) < 4.78 is 7.81. The molecule has 16 heavy (non-hydrogen) atoms. The first-order valence-electron chi connectivity index (χ1n) is 4.68. The molecule has 6 nitrogen and oxygen atoms in total. The van der Waals surface area contributed by atoms with Crippen molar-refractivity contribution in [3.8, 4) is 0 Å². The van der Waals surface area contributed by atoms with Gasteiger partial charge >= 0.3 is 0 Å². The smallest absolute Gasteiger partial charge is 0.282 e. The highest BCUT2D eigenvalue weighted by Crippen LogP contribution is 2.04. The van der Waals surface area contributed by atoms with E-state index in [-0.39, 0.29) is 23.1 Å². The zero-order valence-corrected chi connectivity index (χ0v) is 8.16. The van der Waals surface area contributed by atoms with Gasteiger partial charge in [-0.25, -0.2) is 4.52 Å². The molecule has 0 radical (unpaired) electrons. The molecule has 80 valence electrons. The van der Waals surface area contributed by atoms with E-state index in [1.54, 1.807) is 0 Å². The van der Waals surface area contributed by atoms with Gasteiger partial charge in [-0.15, -0.1) is 0 Å². The summed E-state index contributed by atoms with van der Waals surface area (Å²) in [5.74, 6) is 0.503. The number of ether oxygens (including phenoxy) is 1. The molecular weight excluding hydrogens is 210 g/mol. The third-order valence-corrected chi connectivity index (χ3v) is 2.36. The number of pyridine rings is 1. The number of fused-ring (bicyclic) bond motifs is 2. The van der Waals surface area contributed by atoms with E-state index in [0.717, 1.165) is 0 Å². The Labute approximate surface area is 89.0 Å². The van der Waals surface area contributed by atoms with Crippen molar-refractivity contribution in [3.05, 3.63) is 51.0 Å². The Bertz CT molecular complexity index is 711. The van der Waals surface area contributed by atoms with Crippen molar-refractivity contribution in [1.29, 1.82) is 0 Å². The van der Waals surface area contributed by atoms with E-state index in [4.69, 9.17) is 4.74 Å². The van der Waals surface area contributed by atoms with Crippen LogP contribution in [0.15, 0.2) is 34.2 Å². The van der Waals surface area contributed by atoms with Gasteiger partial charge in [0.2, 0.25) is 0 Å². The van der Waals surface area contributed by atoms with Crippen molar-refractivity contribution >= 4 is 11.7 Å². The summed E-state index contributed by atoms with van der Waals surface area (Å²) in [4.78, 5) is 23.2. The predicted molar refractivity (Wildman–Crippen MR) is 55.8 cm³/mol. The molecule has 0 aromatic carbocycles. The molecule has 3 heterocycles. The second-order valence-electron chi connectivity index (χ2n) is 3.38. The summed E-state index contributed by atoms with van der Waals surface area (Å²) in [6.45, 7) is 0.244. The SMILES string of the molecule is O=c1ccn2nc3n(c(=O)c2c1)C=COC3. The molecule has 1 aliphatic heterocycles. The molecule has 0 saturated carbocycles. The second kappa shape index (κ2) is 3.06. The Morgan fingerprint density at radius 1 is 1.38 bits per heavy atom. The first-order valence-corrected chi connectivity index (χ1v) is 4.68. The molecule has 0 atom stereocenters. The van der Waals surface area contributed by atoms with E-state index < -0.39 is 0 Å². The van der Waals surface area contributed by atoms with E-state index in [9.17, 15) is 9.59 Å². The van der Waals surface area contributed by atoms with Crippen molar-refractivity contribution in [3.63, 3.8) is 0 Å². The van der Waals surface area contributed by atoms with Crippen LogP contribution in [0.25, 0.3) is 11.7 Å². The Balaban J connectivity index is 2.50. The topological polar surface area (TPSA) is 65.6 Å². The Morgan fingerprint density at radius 3 is 3.12 bits per heavy atom. The van der Waals surface area contributed by atoms with Crippen LogP contribution in [0.5, 0.6) is 0 Å².